The molecule has 1 aromatic heterocycles. The van der Waals surface area contributed by atoms with Gasteiger partial charge in [-0.2, -0.15) is 0 Å². The SMILES string of the molecule is CCc1nnc(NC(=O)c2cccc(Br)c2F)s1. The highest BCUT2D eigenvalue weighted by Crippen LogP contribution is 2.21. The Balaban J connectivity index is 2.19. The number of aryl methyl sites for hydroxylation is 1. The summed E-state index contributed by atoms with van der Waals surface area (Å²) in [4.78, 5) is 11.9. The molecule has 94 valence electrons. The number of anilines is 1. The van der Waals surface area contributed by atoms with E-state index in [9.17, 15) is 9.18 Å². The summed E-state index contributed by atoms with van der Waals surface area (Å²) in [6, 6.07) is 4.54. The van der Waals surface area contributed by atoms with Gasteiger partial charge in [0.2, 0.25) is 5.13 Å². The first-order valence-electron chi connectivity index (χ1n) is 5.19. The Bertz CT molecular complexity index is 587. The van der Waals surface area contributed by atoms with Gasteiger partial charge < -0.3 is 0 Å². The molecule has 0 unspecified atom stereocenters. The van der Waals surface area contributed by atoms with Gasteiger partial charge in [0.15, 0.2) is 0 Å². The van der Waals surface area contributed by atoms with Crippen LogP contribution in [0.5, 0.6) is 0 Å². The molecule has 1 aromatic carbocycles. The van der Waals surface area contributed by atoms with E-state index in [0.717, 1.165) is 11.4 Å². The molecule has 0 aliphatic heterocycles. The minimum atomic E-state index is -0.588. The first kappa shape index (κ1) is 13.1. The lowest BCUT2D eigenvalue weighted by atomic mass is 10.2. The number of benzene rings is 1. The third kappa shape index (κ3) is 2.73. The monoisotopic (exact) mass is 329 g/mol. The predicted octanol–water partition coefficient (Wildman–Crippen LogP) is 3.25. The van der Waals surface area contributed by atoms with E-state index in [0.29, 0.717) is 5.13 Å². The number of halogens is 2. The molecule has 0 saturated carbocycles. The van der Waals surface area contributed by atoms with E-state index in [1.807, 2.05) is 6.92 Å². The van der Waals surface area contributed by atoms with Crippen LogP contribution in [-0.2, 0) is 6.42 Å². The van der Waals surface area contributed by atoms with Crippen molar-refractivity contribution in [1.29, 1.82) is 0 Å². The lowest BCUT2D eigenvalue weighted by molar-refractivity contribution is 0.102. The van der Waals surface area contributed by atoms with Crippen molar-refractivity contribution in [1.82, 2.24) is 10.2 Å². The first-order valence-corrected chi connectivity index (χ1v) is 6.80. The van der Waals surface area contributed by atoms with Crippen molar-refractivity contribution in [2.45, 2.75) is 13.3 Å². The van der Waals surface area contributed by atoms with E-state index in [1.165, 1.54) is 23.5 Å². The number of nitrogens with zero attached hydrogens (tertiary/aromatic N) is 2. The third-order valence-corrected chi connectivity index (χ3v) is 3.78. The van der Waals surface area contributed by atoms with Crippen LogP contribution < -0.4 is 5.32 Å². The third-order valence-electron chi connectivity index (χ3n) is 2.19. The van der Waals surface area contributed by atoms with Gasteiger partial charge in [0, 0.05) is 0 Å². The van der Waals surface area contributed by atoms with Gasteiger partial charge in [0.1, 0.15) is 10.8 Å². The van der Waals surface area contributed by atoms with Crippen LogP contribution in [0.25, 0.3) is 0 Å². The smallest absolute Gasteiger partial charge is 0.260 e. The zero-order valence-electron chi connectivity index (χ0n) is 9.41. The molecule has 0 fully saturated rings. The topological polar surface area (TPSA) is 54.9 Å². The van der Waals surface area contributed by atoms with Crippen molar-refractivity contribution in [2.24, 2.45) is 0 Å². The van der Waals surface area contributed by atoms with E-state index in [4.69, 9.17) is 0 Å². The Morgan fingerprint density at radius 1 is 1.50 bits per heavy atom. The summed E-state index contributed by atoms with van der Waals surface area (Å²) in [7, 11) is 0. The largest absolute Gasteiger partial charge is 0.296 e. The summed E-state index contributed by atoms with van der Waals surface area (Å²) in [5, 5.41) is 11.4. The number of carbonyl (C=O) groups excluding carboxylic acids is 1. The zero-order chi connectivity index (χ0) is 13.1. The van der Waals surface area contributed by atoms with Crippen LogP contribution in [0, 0.1) is 5.82 Å². The fraction of sp³-hybridized carbons (Fsp3) is 0.182. The lowest BCUT2D eigenvalue weighted by Crippen LogP contribution is -2.13. The fourth-order valence-electron chi connectivity index (χ4n) is 1.29. The van der Waals surface area contributed by atoms with E-state index in [-0.39, 0.29) is 10.0 Å². The minimum absolute atomic E-state index is 0.0300. The highest BCUT2D eigenvalue weighted by Gasteiger charge is 2.15. The Morgan fingerprint density at radius 3 is 2.94 bits per heavy atom. The molecule has 7 heteroatoms. The highest BCUT2D eigenvalue weighted by molar-refractivity contribution is 9.10. The van der Waals surface area contributed by atoms with E-state index < -0.39 is 11.7 Å². The number of rotatable bonds is 3. The van der Waals surface area contributed by atoms with E-state index in [1.54, 1.807) is 6.07 Å². The normalized spacial score (nSPS) is 10.4. The molecule has 2 aromatic rings. The molecule has 0 spiro atoms. The maximum absolute atomic E-state index is 13.7. The van der Waals surface area contributed by atoms with Gasteiger partial charge >= 0.3 is 0 Å². The molecule has 0 aliphatic carbocycles. The van der Waals surface area contributed by atoms with Crippen LogP contribution in [-0.4, -0.2) is 16.1 Å². The number of hydrogen-bond donors (Lipinski definition) is 1. The molecule has 1 heterocycles. The summed E-state index contributed by atoms with van der Waals surface area (Å²) >= 11 is 4.31. The standard InChI is InChI=1S/C11H9BrFN3OS/c1-2-8-15-16-11(18-8)14-10(17)6-4-3-5-7(12)9(6)13/h3-5H,2H2,1H3,(H,14,16,17). The van der Waals surface area contributed by atoms with Gasteiger partial charge in [-0.25, -0.2) is 4.39 Å². The van der Waals surface area contributed by atoms with E-state index >= 15 is 0 Å². The summed E-state index contributed by atoms with van der Waals surface area (Å²) in [5.41, 5.74) is -0.0300. The van der Waals surface area contributed by atoms with Crippen molar-refractivity contribution in [3.05, 3.63) is 39.1 Å². The van der Waals surface area contributed by atoms with Gasteiger partial charge in [-0.15, -0.1) is 10.2 Å². The molecular formula is C11H9BrFN3OS. The van der Waals surface area contributed by atoms with E-state index in [2.05, 4.69) is 31.4 Å². The molecule has 4 nitrogen and oxygen atoms in total. The van der Waals surface area contributed by atoms with Crippen LogP contribution in [0.2, 0.25) is 0 Å². The van der Waals surface area contributed by atoms with Crippen LogP contribution >= 0.6 is 27.3 Å². The van der Waals surface area contributed by atoms with Gasteiger partial charge in [-0.05, 0) is 34.5 Å². The number of aromatic nitrogens is 2. The van der Waals surface area contributed by atoms with Crippen LogP contribution in [0.3, 0.4) is 0 Å². The molecule has 0 saturated heterocycles. The van der Waals surface area contributed by atoms with Crippen LogP contribution in [0.4, 0.5) is 9.52 Å². The maximum atomic E-state index is 13.7. The van der Waals surface area contributed by atoms with Crippen LogP contribution in [0.15, 0.2) is 22.7 Å². The number of amides is 1. The van der Waals surface area contributed by atoms with Crippen molar-refractivity contribution in [3.63, 3.8) is 0 Å². The average Bonchev–Trinajstić information content (AvgIpc) is 2.80. The molecule has 0 bridgehead atoms. The summed E-state index contributed by atoms with van der Waals surface area (Å²) < 4.78 is 13.9. The Labute approximate surface area is 115 Å². The maximum Gasteiger partial charge on any atom is 0.260 e. The molecule has 2 rings (SSSR count). The Hall–Kier alpha value is -1.34. The summed E-state index contributed by atoms with van der Waals surface area (Å²) in [6.45, 7) is 1.94. The fourth-order valence-corrected chi connectivity index (χ4v) is 2.33. The second kappa shape index (κ2) is 5.53. The predicted molar refractivity (Wildman–Crippen MR) is 71.3 cm³/mol. The molecular weight excluding hydrogens is 321 g/mol. The zero-order valence-corrected chi connectivity index (χ0v) is 11.8. The second-order valence-electron chi connectivity index (χ2n) is 3.41. The molecule has 1 amide bonds. The van der Waals surface area contributed by atoms with Crippen LogP contribution in [0.1, 0.15) is 22.3 Å². The number of hydrogen-bond acceptors (Lipinski definition) is 4. The number of nitrogens with one attached hydrogen (secondary N) is 1. The Morgan fingerprint density at radius 2 is 2.28 bits per heavy atom. The summed E-state index contributed by atoms with van der Waals surface area (Å²) in [6.07, 6.45) is 0.749. The molecule has 0 radical (unpaired) electrons. The lowest BCUT2D eigenvalue weighted by Gasteiger charge is -2.03. The molecule has 0 atom stereocenters. The summed E-state index contributed by atoms with van der Waals surface area (Å²) in [5.74, 6) is -1.12. The van der Waals surface area contributed by atoms with Gasteiger partial charge in [0.25, 0.3) is 5.91 Å². The van der Waals surface area contributed by atoms with Crippen molar-refractivity contribution in [2.75, 3.05) is 5.32 Å². The average molecular weight is 330 g/mol. The molecule has 0 aliphatic rings. The van der Waals surface area contributed by atoms with Crippen molar-refractivity contribution >= 4 is 38.3 Å². The first-order chi connectivity index (χ1) is 8.61. The quantitative estimate of drug-likeness (QED) is 0.940. The molecule has 1 N–H and O–H groups in total. The second-order valence-corrected chi connectivity index (χ2v) is 5.33. The number of carbonyl (C=O) groups is 1. The molecule has 18 heavy (non-hydrogen) atoms. The Kier molecular flexibility index (Phi) is 4.03. The van der Waals surface area contributed by atoms with Crippen molar-refractivity contribution in [3.8, 4) is 0 Å². The van der Waals surface area contributed by atoms with Gasteiger partial charge in [-0.3, -0.25) is 10.1 Å². The minimum Gasteiger partial charge on any atom is -0.296 e. The van der Waals surface area contributed by atoms with Crippen molar-refractivity contribution < 1.29 is 9.18 Å². The highest BCUT2D eigenvalue weighted by atomic mass is 79.9. The van der Waals surface area contributed by atoms with Gasteiger partial charge in [0.05, 0.1) is 10.0 Å². The van der Waals surface area contributed by atoms with Gasteiger partial charge in [-0.1, -0.05) is 24.3 Å².